The van der Waals surface area contributed by atoms with E-state index in [1.165, 1.54) is 37.7 Å². The Morgan fingerprint density at radius 3 is 2.18 bits per heavy atom. The molecule has 0 aromatic heterocycles. The van der Waals surface area contributed by atoms with Gasteiger partial charge in [-0.3, -0.25) is 0 Å². The topological polar surface area (TPSA) is 60.7 Å². The highest BCUT2D eigenvalue weighted by atomic mass is 16.3. The predicted octanol–water partition coefficient (Wildman–Crippen LogP) is 6.60. The van der Waals surface area contributed by atoms with Gasteiger partial charge in [-0.2, -0.15) is 0 Å². The fraction of sp³-hybridized carbons (Fsp3) is 0.935. The number of aliphatic hydroxyl groups is 3. The van der Waals surface area contributed by atoms with E-state index in [0.29, 0.717) is 47.8 Å². The second kappa shape index (κ2) is 9.18. The van der Waals surface area contributed by atoms with Gasteiger partial charge in [0.15, 0.2) is 0 Å². The maximum atomic E-state index is 11.3. The lowest BCUT2D eigenvalue weighted by molar-refractivity contribution is -0.195. The first kappa shape index (κ1) is 26.7. The van der Waals surface area contributed by atoms with Gasteiger partial charge < -0.3 is 15.3 Å². The molecule has 0 radical (unpaired) electrons. The fourth-order valence-corrected chi connectivity index (χ4v) is 9.55. The molecule has 0 bridgehead atoms. The monoisotopic (exact) mass is 474 g/mol. The minimum atomic E-state index is -0.674. The lowest BCUT2D eigenvalue weighted by atomic mass is 9.43. The van der Waals surface area contributed by atoms with Crippen LogP contribution in [-0.4, -0.2) is 33.6 Å². The maximum absolute atomic E-state index is 11.3. The van der Waals surface area contributed by atoms with Gasteiger partial charge in [0.05, 0.1) is 18.3 Å². The van der Waals surface area contributed by atoms with Gasteiger partial charge in [-0.15, -0.1) is 0 Å². The average Bonchev–Trinajstić information content (AvgIpc) is 3.11. The van der Waals surface area contributed by atoms with Gasteiger partial charge in [0.1, 0.15) is 0 Å². The van der Waals surface area contributed by atoms with Gasteiger partial charge in [0, 0.05) is 0 Å². The minimum Gasteiger partial charge on any atom is -0.393 e. The predicted molar refractivity (Wildman–Crippen MR) is 140 cm³/mol. The van der Waals surface area contributed by atoms with Gasteiger partial charge >= 0.3 is 0 Å². The van der Waals surface area contributed by atoms with Gasteiger partial charge in [-0.1, -0.05) is 60.1 Å². The quantitative estimate of drug-likeness (QED) is 0.393. The molecular weight excluding hydrogens is 420 g/mol. The van der Waals surface area contributed by atoms with Crippen molar-refractivity contribution in [3.05, 3.63) is 11.6 Å². The molecule has 4 aliphatic rings. The van der Waals surface area contributed by atoms with Crippen LogP contribution in [0.1, 0.15) is 107 Å². The van der Waals surface area contributed by atoms with Crippen LogP contribution in [0.25, 0.3) is 0 Å². The largest absolute Gasteiger partial charge is 0.393 e. The number of hydrogen-bond donors (Lipinski definition) is 3. The molecule has 0 heterocycles. The summed E-state index contributed by atoms with van der Waals surface area (Å²) in [6.07, 6.45) is 9.30. The zero-order chi connectivity index (χ0) is 25.2. The fourth-order valence-electron chi connectivity index (χ4n) is 9.55. The summed E-state index contributed by atoms with van der Waals surface area (Å²) >= 11 is 0. The Kier molecular flexibility index (Phi) is 7.20. The average molecular weight is 475 g/mol. The van der Waals surface area contributed by atoms with Crippen LogP contribution in [0, 0.1) is 57.7 Å². The van der Waals surface area contributed by atoms with E-state index >= 15 is 0 Å². The van der Waals surface area contributed by atoms with Gasteiger partial charge in [0.2, 0.25) is 0 Å². The molecule has 4 aliphatic carbocycles. The first-order chi connectivity index (χ1) is 15.7. The van der Waals surface area contributed by atoms with E-state index in [1.807, 2.05) is 0 Å². The molecule has 0 spiro atoms. The molecule has 0 saturated heterocycles. The van der Waals surface area contributed by atoms with Crippen molar-refractivity contribution in [2.45, 2.75) is 125 Å². The van der Waals surface area contributed by atoms with Crippen LogP contribution in [0.15, 0.2) is 11.6 Å². The summed E-state index contributed by atoms with van der Waals surface area (Å²) in [7, 11) is 0. The van der Waals surface area contributed by atoms with Crippen LogP contribution in [0.4, 0.5) is 0 Å². The molecule has 0 amide bonds. The number of allylic oxidation sites excluding steroid dienone is 2. The first-order valence-electron chi connectivity index (χ1n) is 14.4. The van der Waals surface area contributed by atoms with E-state index in [2.05, 4.69) is 61.5 Å². The lowest BCUT2D eigenvalue weighted by Crippen LogP contribution is -2.60. The summed E-state index contributed by atoms with van der Waals surface area (Å²) in [5.74, 6) is 4.04. The molecule has 4 rings (SSSR count). The zero-order valence-electron chi connectivity index (χ0n) is 23.3. The van der Waals surface area contributed by atoms with Crippen LogP contribution in [-0.2, 0) is 0 Å². The van der Waals surface area contributed by atoms with Crippen molar-refractivity contribution in [2.75, 3.05) is 0 Å². The van der Waals surface area contributed by atoms with E-state index in [9.17, 15) is 15.3 Å². The van der Waals surface area contributed by atoms with E-state index in [0.717, 1.165) is 12.3 Å². The van der Waals surface area contributed by atoms with Crippen LogP contribution in [0.2, 0.25) is 0 Å². The molecule has 0 aromatic carbocycles. The summed E-state index contributed by atoms with van der Waals surface area (Å²) in [4.78, 5) is 0. The number of fused-ring (bicyclic) bond motifs is 5. The molecule has 4 fully saturated rings. The molecule has 11 atom stereocenters. The normalized spacial score (nSPS) is 48.3. The molecule has 1 unspecified atom stereocenters. The molecule has 0 aromatic rings. The third-order valence-corrected chi connectivity index (χ3v) is 12.7. The highest BCUT2D eigenvalue weighted by Crippen LogP contribution is 2.68. The van der Waals surface area contributed by atoms with Crippen molar-refractivity contribution < 1.29 is 15.3 Å². The first-order valence-corrected chi connectivity index (χ1v) is 14.4. The van der Waals surface area contributed by atoms with Crippen LogP contribution in [0.5, 0.6) is 0 Å². The van der Waals surface area contributed by atoms with Gasteiger partial charge in [0.25, 0.3) is 0 Å². The molecule has 0 aliphatic heterocycles. The Morgan fingerprint density at radius 2 is 1.53 bits per heavy atom. The SMILES string of the molecule is CC(=CC[C@@H](C)[C@H]1CC[C@H]2[C@@H]3C[C@H](O)C4C[C@H](O)[C@@H](O)C[C@]4(C)[C@H]3CC[C@]12C)C(C)(C)C(C)C. The van der Waals surface area contributed by atoms with E-state index < -0.39 is 12.2 Å². The van der Waals surface area contributed by atoms with Gasteiger partial charge in [-0.05, 0) is 116 Å². The summed E-state index contributed by atoms with van der Waals surface area (Å²) < 4.78 is 0. The van der Waals surface area contributed by atoms with Crippen molar-refractivity contribution in [3.8, 4) is 0 Å². The zero-order valence-corrected chi connectivity index (χ0v) is 23.3. The Morgan fingerprint density at radius 1 is 0.882 bits per heavy atom. The number of rotatable bonds is 5. The van der Waals surface area contributed by atoms with Crippen molar-refractivity contribution >= 4 is 0 Å². The van der Waals surface area contributed by atoms with Gasteiger partial charge in [-0.25, -0.2) is 0 Å². The molecule has 3 nitrogen and oxygen atoms in total. The standard InChI is InChI=1S/C31H54O3/c1-18(2)29(5,6)20(4)10-9-19(3)22-11-12-23-21-15-26(32)25-16-27(33)28(34)17-31(25,8)24(21)13-14-30(22,23)7/h10,18-19,21-28,32-34H,9,11-17H2,1-8H3/t19-,21+,22-,23+,24+,25?,26+,27+,28+,30-,31-/m1/s1. The Balaban J connectivity index is 1.51. The summed E-state index contributed by atoms with van der Waals surface area (Å²) in [6.45, 7) is 19.1. The van der Waals surface area contributed by atoms with Crippen LogP contribution >= 0.6 is 0 Å². The van der Waals surface area contributed by atoms with Crippen molar-refractivity contribution in [1.82, 2.24) is 0 Å². The maximum Gasteiger partial charge on any atom is 0.0804 e. The molecule has 4 saturated carbocycles. The lowest BCUT2D eigenvalue weighted by Gasteiger charge is -2.62. The second-order valence-corrected chi connectivity index (χ2v) is 14.6. The van der Waals surface area contributed by atoms with E-state index in [4.69, 9.17) is 0 Å². The smallest absolute Gasteiger partial charge is 0.0804 e. The minimum absolute atomic E-state index is 0.0473. The van der Waals surface area contributed by atoms with E-state index in [-0.39, 0.29) is 22.9 Å². The summed E-state index contributed by atoms with van der Waals surface area (Å²) in [6, 6.07) is 0. The summed E-state index contributed by atoms with van der Waals surface area (Å²) in [5, 5.41) is 32.2. The highest BCUT2D eigenvalue weighted by molar-refractivity contribution is 5.14. The van der Waals surface area contributed by atoms with E-state index in [1.54, 1.807) is 0 Å². The Bertz CT molecular complexity index is 771. The van der Waals surface area contributed by atoms with Crippen LogP contribution in [0.3, 0.4) is 0 Å². The van der Waals surface area contributed by atoms with Crippen molar-refractivity contribution in [1.29, 1.82) is 0 Å². The summed E-state index contributed by atoms with van der Waals surface area (Å²) in [5.41, 5.74) is 2.10. The number of hydrogen-bond acceptors (Lipinski definition) is 3. The Labute approximate surface area is 209 Å². The molecule has 196 valence electrons. The Hall–Kier alpha value is -0.380. The highest BCUT2D eigenvalue weighted by Gasteiger charge is 2.63. The third kappa shape index (κ3) is 4.14. The molecule has 34 heavy (non-hydrogen) atoms. The molecule has 3 N–H and O–H groups in total. The van der Waals surface area contributed by atoms with Crippen LogP contribution < -0.4 is 0 Å². The third-order valence-electron chi connectivity index (χ3n) is 12.7. The molecule has 3 heteroatoms. The molecular formula is C31H54O3. The van der Waals surface area contributed by atoms with Crippen molar-refractivity contribution in [3.63, 3.8) is 0 Å². The van der Waals surface area contributed by atoms with Crippen molar-refractivity contribution in [2.24, 2.45) is 57.7 Å². The number of aliphatic hydroxyl groups excluding tert-OH is 3. The second-order valence-electron chi connectivity index (χ2n) is 14.6.